The van der Waals surface area contributed by atoms with Gasteiger partial charge in [0.25, 0.3) is 5.91 Å². The van der Waals surface area contributed by atoms with Crippen LogP contribution in [0.25, 0.3) is 16.8 Å². The van der Waals surface area contributed by atoms with Crippen LogP contribution in [0.15, 0.2) is 48.8 Å². The first-order valence-electron chi connectivity index (χ1n) is 13.3. The Morgan fingerprint density at radius 3 is 2.73 bits per heavy atom. The Balaban J connectivity index is 1.39. The molecule has 3 aromatic heterocycles. The van der Waals surface area contributed by atoms with Crippen molar-refractivity contribution in [3.63, 3.8) is 0 Å². The van der Waals surface area contributed by atoms with Gasteiger partial charge in [0, 0.05) is 59.1 Å². The number of benzene rings is 1. The Kier molecular flexibility index (Phi) is 9.89. The number of rotatable bonds is 10. The molecule has 1 aliphatic rings. The highest BCUT2D eigenvalue weighted by atomic mass is 127. The summed E-state index contributed by atoms with van der Waals surface area (Å²) in [6, 6.07) is 8.74. The van der Waals surface area contributed by atoms with Gasteiger partial charge in [0.1, 0.15) is 46.5 Å². The molecular weight excluding hydrogens is 715 g/mol. The summed E-state index contributed by atoms with van der Waals surface area (Å²) in [5.74, 6) is -0.150. The molecule has 4 heterocycles. The first-order chi connectivity index (χ1) is 21.1. The van der Waals surface area contributed by atoms with E-state index in [9.17, 15) is 18.4 Å². The van der Waals surface area contributed by atoms with Crippen LogP contribution in [-0.2, 0) is 22.9 Å². The van der Waals surface area contributed by atoms with Gasteiger partial charge in [0.15, 0.2) is 0 Å². The van der Waals surface area contributed by atoms with Crippen LogP contribution in [0.5, 0.6) is 0 Å². The van der Waals surface area contributed by atoms with E-state index >= 15 is 0 Å². The van der Waals surface area contributed by atoms with Gasteiger partial charge in [-0.1, -0.05) is 23.7 Å². The van der Waals surface area contributed by atoms with Crippen LogP contribution in [0.1, 0.15) is 27.8 Å². The van der Waals surface area contributed by atoms with Gasteiger partial charge < -0.3 is 30.2 Å². The number of nitrogen functional groups attached to an aromatic ring is 1. The third kappa shape index (κ3) is 7.07. The van der Waals surface area contributed by atoms with Crippen molar-refractivity contribution in [2.75, 3.05) is 57.7 Å². The van der Waals surface area contributed by atoms with Gasteiger partial charge in [-0.05, 0) is 24.3 Å². The van der Waals surface area contributed by atoms with Gasteiger partial charge in [-0.2, -0.15) is 8.78 Å². The zero-order chi connectivity index (χ0) is 31.4. The fourth-order valence-electron chi connectivity index (χ4n) is 4.62. The third-order valence-electron chi connectivity index (χ3n) is 6.78. The lowest BCUT2D eigenvalue weighted by atomic mass is 10.1. The van der Waals surface area contributed by atoms with Crippen LogP contribution in [0, 0.1) is 0 Å². The summed E-state index contributed by atoms with van der Waals surface area (Å²) in [7, 11) is 1.55. The number of hydrogen-bond acceptors (Lipinski definition) is 9. The minimum atomic E-state index is -3.11. The van der Waals surface area contributed by atoms with Crippen molar-refractivity contribution in [2.45, 2.75) is 10.0 Å². The van der Waals surface area contributed by atoms with E-state index < -0.39 is 15.9 Å². The molecule has 12 nitrogen and oxygen atoms in total. The molecule has 0 radical (unpaired) electrons. The number of fused-ring (bicyclic) bond motifs is 1. The average Bonchev–Trinajstić information content (AvgIpc) is 3.43. The van der Waals surface area contributed by atoms with Crippen molar-refractivity contribution >= 4 is 63.2 Å². The summed E-state index contributed by atoms with van der Waals surface area (Å²) < 4.78 is 42.3. The number of nitrogens with two attached hydrogens (primary N) is 1. The Hall–Kier alpha value is -3.51. The summed E-state index contributed by atoms with van der Waals surface area (Å²) in [6.45, 7) is 1.46. The quantitative estimate of drug-likeness (QED) is 0.138. The van der Waals surface area contributed by atoms with Crippen LogP contribution in [0.3, 0.4) is 0 Å². The molecule has 0 aliphatic carbocycles. The summed E-state index contributed by atoms with van der Waals surface area (Å²) >= 11 is 7.58. The summed E-state index contributed by atoms with van der Waals surface area (Å²) in [6.07, 6.45) is 1.97. The van der Waals surface area contributed by atoms with Crippen molar-refractivity contribution in [2.24, 2.45) is 0 Å². The molecule has 1 saturated heterocycles. The van der Waals surface area contributed by atoms with E-state index in [2.05, 4.69) is 15.3 Å². The average molecular weight is 742 g/mol. The molecule has 1 aromatic carbocycles. The maximum absolute atomic E-state index is 13.7. The van der Waals surface area contributed by atoms with Crippen LogP contribution >= 0.6 is 34.2 Å². The lowest BCUT2D eigenvalue weighted by molar-refractivity contribution is -0.144. The minimum Gasteiger partial charge on any atom is -0.382 e. The molecule has 1 aliphatic heterocycles. The highest BCUT2D eigenvalue weighted by Crippen LogP contribution is 2.36. The largest absolute Gasteiger partial charge is 0.382 e. The number of carbonyl (C=O) groups excluding carboxylic acids is 2. The molecule has 16 heteroatoms. The van der Waals surface area contributed by atoms with E-state index in [1.54, 1.807) is 40.7 Å². The Morgan fingerprint density at radius 1 is 1.23 bits per heavy atom. The van der Waals surface area contributed by atoms with E-state index in [1.807, 2.05) is 0 Å². The first-order valence-corrected chi connectivity index (χ1v) is 14.8. The van der Waals surface area contributed by atoms with E-state index in [0.717, 1.165) is 28.7 Å². The van der Waals surface area contributed by atoms with Gasteiger partial charge in [-0.3, -0.25) is 14.0 Å². The van der Waals surface area contributed by atoms with Crippen molar-refractivity contribution in [1.82, 2.24) is 24.3 Å². The first kappa shape index (κ1) is 31.9. The molecule has 0 saturated carbocycles. The lowest BCUT2D eigenvalue weighted by Crippen LogP contribution is -2.44. The van der Waals surface area contributed by atoms with Crippen LogP contribution in [-0.4, -0.2) is 82.7 Å². The normalized spacial score (nSPS) is 15.5. The number of ether oxygens (including phenoxy) is 3. The molecular formula is C28H27ClF2IN7O5. The Morgan fingerprint density at radius 2 is 2.00 bits per heavy atom. The monoisotopic (exact) mass is 741 g/mol. The van der Waals surface area contributed by atoms with E-state index in [4.69, 9.17) is 36.5 Å². The lowest BCUT2D eigenvalue weighted by Gasteiger charge is -2.32. The third-order valence-corrected chi connectivity index (χ3v) is 7.67. The number of nitrogens with zero attached hydrogens (tertiary/aromatic N) is 5. The van der Waals surface area contributed by atoms with Crippen molar-refractivity contribution < 1.29 is 32.6 Å². The second-order valence-corrected chi connectivity index (χ2v) is 11.4. The van der Waals surface area contributed by atoms with E-state index in [1.165, 1.54) is 18.5 Å². The number of anilines is 2. The minimum absolute atomic E-state index is 0.00677. The Bertz CT molecular complexity index is 1670. The molecule has 1 atom stereocenters. The number of hydrogen-bond donors (Lipinski definition) is 2. The second-order valence-electron chi connectivity index (χ2n) is 9.67. The number of imidazole rings is 1. The molecule has 2 amide bonds. The summed E-state index contributed by atoms with van der Waals surface area (Å²) in [4.78, 5) is 40.2. The molecule has 232 valence electrons. The van der Waals surface area contributed by atoms with Crippen molar-refractivity contribution in [3.8, 4) is 11.3 Å². The number of halogens is 4. The van der Waals surface area contributed by atoms with Gasteiger partial charge in [0.2, 0.25) is 5.91 Å². The molecule has 5 rings (SSSR count). The number of aromatic nitrogens is 4. The summed E-state index contributed by atoms with van der Waals surface area (Å²) in [5.41, 5.74) is 7.72. The maximum Gasteiger partial charge on any atom is 0.321 e. The van der Waals surface area contributed by atoms with Gasteiger partial charge in [-0.15, -0.1) is 0 Å². The van der Waals surface area contributed by atoms with Crippen molar-refractivity contribution in [3.05, 3.63) is 70.9 Å². The molecule has 0 spiro atoms. The predicted octanol–water partition coefficient (Wildman–Crippen LogP) is 4.33. The molecule has 44 heavy (non-hydrogen) atoms. The fourth-order valence-corrected chi connectivity index (χ4v) is 5.17. The summed E-state index contributed by atoms with van der Waals surface area (Å²) in [5, 5.41) is 2.77. The number of pyridine rings is 1. The highest BCUT2D eigenvalue weighted by molar-refractivity contribution is 14.1. The topological polar surface area (TPSA) is 146 Å². The second kappa shape index (κ2) is 13.6. The number of amides is 2. The standard InChI is InChI=1S/C28H27ClF2IN7O5/c1-42-10-11-43-15-22(40)38-8-9-44-19(14-38)26-37-23(24-25(33)35-13-20(29)39(24)26)16-2-4-17(5-3-16)27(41)36-21-12-18(6-7-34-21)28(30,31)32/h2-7,12-13,19H,8-11,14-15H2,1H3,(H2,33,35)(H,34,36,41)/t19-/m1/s1. The molecule has 3 N–H and O–H groups in total. The number of alkyl halides is 3. The number of morpholine rings is 1. The molecule has 1 fully saturated rings. The number of nitrogens with one attached hydrogen (secondary N) is 1. The van der Waals surface area contributed by atoms with Gasteiger partial charge >= 0.3 is 3.93 Å². The smallest absolute Gasteiger partial charge is 0.321 e. The maximum atomic E-state index is 13.7. The number of methoxy groups -OCH3 is 1. The van der Waals surface area contributed by atoms with E-state index in [-0.39, 0.29) is 53.6 Å². The molecule has 4 aromatic rings. The van der Waals surface area contributed by atoms with Gasteiger partial charge in [-0.25, -0.2) is 15.0 Å². The van der Waals surface area contributed by atoms with Crippen LogP contribution in [0.2, 0.25) is 5.15 Å². The van der Waals surface area contributed by atoms with Crippen LogP contribution < -0.4 is 11.1 Å². The Labute approximate surface area is 269 Å². The molecule has 0 bridgehead atoms. The van der Waals surface area contributed by atoms with Gasteiger partial charge in [0.05, 0.1) is 32.6 Å². The zero-order valence-corrected chi connectivity index (χ0v) is 26.2. The SMILES string of the molecule is COCCOCC(=O)N1CCO[C@@H](c2nc(-c3ccc(C(=O)Nc4cc(C(F)(F)I)ccn4)cc3)c3c(N)ncc(Cl)n23)C1. The van der Waals surface area contributed by atoms with Crippen LogP contribution in [0.4, 0.5) is 20.4 Å². The van der Waals surface area contributed by atoms with E-state index in [0.29, 0.717) is 42.4 Å². The zero-order valence-electron chi connectivity index (χ0n) is 23.3. The number of carbonyl (C=O) groups is 2. The highest BCUT2D eigenvalue weighted by Gasteiger charge is 2.31. The van der Waals surface area contributed by atoms with Crippen molar-refractivity contribution in [1.29, 1.82) is 0 Å². The molecule has 0 unspecified atom stereocenters. The fraction of sp³-hybridized carbons (Fsp3) is 0.321. The predicted molar refractivity (Wildman–Crippen MR) is 166 cm³/mol.